The lowest BCUT2D eigenvalue weighted by molar-refractivity contribution is -0.203. The Morgan fingerprint density at radius 3 is 2.55 bits per heavy atom. The normalized spacial score (nSPS) is 38.2. The maximum Gasteiger partial charge on any atom is 0.162 e. The molecule has 0 spiro atoms. The van der Waals surface area contributed by atoms with Crippen LogP contribution >= 0.6 is 0 Å². The lowest BCUT2D eigenvalue weighted by Crippen LogP contribution is -2.39. The van der Waals surface area contributed by atoms with Gasteiger partial charge in [-0.15, -0.1) is 0 Å². The molecule has 1 rings (SSSR count). The van der Waals surface area contributed by atoms with Crippen molar-refractivity contribution in [1.29, 1.82) is 0 Å². The van der Waals surface area contributed by atoms with Gasteiger partial charge in [0.1, 0.15) is 0 Å². The highest BCUT2D eigenvalue weighted by Crippen LogP contribution is 2.16. The van der Waals surface area contributed by atoms with E-state index in [2.05, 4.69) is 0 Å². The summed E-state index contributed by atoms with van der Waals surface area (Å²) in [7, 11) is 0. The van der Waals surface area contributed by atoms with Crippen molar-refractivity contribution >= 4 is 0 Å². The molecule has 3 N–H and O–H groups in total. The van der Waals surface area contributed by atoms with Gasteiger partial charge < -0.3 is 20.3 Å². The summed E-state index contributed by atoms with van der Waals surface area (Å²) in [5.74, 6) is -0.616. The molecule has 0 aromatic rings. The maximum absolute atomic E-state index is 9.26. The molecule has 4 heteroatoms. The molecule has 0 amide bonds. The standard InChI is InChI=1S/C7H15NO3/c1-7(2)10-3-5(8)6(9)4-11-7/h5-6,9H,3-4,8H2,1-2H3/t5-,6+/m1/s1. The number of ether oxygens (including phenoxy) is 2. The largest absolute Gasteiger partial charge is 0.389 e. The van der Waals surface area contributed by atoms with E-state index in [9.17, 15) is 5.11 Å². The lowest BCUT2D eigenvalue weighted by atomic mass is 10.2. The Morgan fingerprint density at radius 1 is 1.36 bits per heavy atom. The van der Waals surface area contributed by atoms with Crippen LogP contribution in [0.5, 0.6) is 0 Å². The van der Waals surface area contributed by atoms with Crippen LogP contribution in [0.1, 0.15) is 13.8 Å². The number of rotatable bonds is 0. The SMILES string of the molecule is CC1(C)OC[C@@H](N)[C@@H](O)CO1. The fourth-order valence-corrected chi connectivity index (χ4v) is 0.859. The highest BCUT2D eigenvalue weighted by Gasteiger charge is 2.28. The summed E-state index contributed by atoms with van der Waals surface area (Å²) in [6, 6.07) is -0.336. The van der Waals surface area contributed by atoms with Crippen molar-refractivity contribution in [2.45, 2.75) is 31.8 Å². The number of nitrogens with two attached hydrogens (primary N) is 1. The molecule has 1 aliphatic rings. The van der Waals surface area contributed by atoms with Crippen LogP contribution in [0.15, 0.2) is 0 Å². The first-order chi connectivity index (χ1) is 5.01. The summed E-state index contributed by atoms with van der Waals surface area (Å²) >= 11 is 0. The molecular weight excluding hydrogens is 146 g/mol. The molecule has 11 heavy (non-hydrogen) atoms. The van der Waals surface area contributed by atoms with Crippen LogP contribution in [0.3, 0.4) is 0 Å². The molecule has 1 fully saturated rings. The molecule has 0 bridgehead atoms. The van der Waals surface area contributed by atoms with Crippen molar-refractivity contribution in [3.05, 3.63) is 0 Å². The van der Waals surface area contributed by atoms with Crippen molar-refractivity contribution in [3.8, 4) is 0 Å². The highest BCUT2D eigenvalue weighted by atomic mass is 16.7. The maximum atomic E-state index is 9.26. The molecule has 1 aliphatic heterocycles. The summed E-state index contributed by atoms with van der Waals surface area (Å²) in [5, 5.41) is 9.26. The minimum atomic E-state index is -0.616. The number of hydrogen-bond acceptors (Lipinski definition) is 4. The Kier molecular flexibility index (Phi) is 2.49. The summed E-state index contributed by atoms with van der Waals surface area (Å²) in [5.41, 5.74) is 5.54. The second-order valence-corrected chi connectivity index (χ2v) is 3.25. The predicted octanol–water partition coefficient (Wildman–Crippen LogP) is -0.542. The number of hydrogen-bond donors (Lipinski definition) is 2. The van der Waals surface area contributed by atoms with Crippen molar-refractivity contribution in [1.82, 2.24) is 0 Å². The van der Waals surface area contributed by atoms with E-state index in [-0.39, 0.29) is 12.6 Å². The van der Waals surface area contributed by atoms with E-state index in [1.807, 2.05) is 0 Å². The fourth-order valence-electron chi connectivity index (χ4n) is 0.859. The Hall–Kier alpha value is -0.160. The van der Waals surface area contributed by atoms with Crippen LogP contribution in [0.25, 0.3) is 0 Å². The van der Waals surface area contributed by atoms with Gasteiger partial charge in [-0.1, -0.05) is 0 Å². The monoisotopic (exact) mass is 161 g/mol. The Balaban J connectivity index is 2.51. The number of aliphatic hydroxyl groups is 1. The van der Waals surface area contributed by atoms with Crippen LogP contribution in [0.4, 0.5) is 0 Å². The van der Waals surface area contributed by atoms with Gasteiger partial charge in [0, 0.05) is 0 Å². The molecule has 0 unspecified atom stereocenters. The van der Waals surface area contributed by atoms with Crippen LogP contribution in [-0.2, 0) is 9.47 Å². The molecule has 0 aromatic heterocycles. The summed E-state index contributed by atoms with van der Waals surface area (Å²) in [6.45, 7) is 4.19. The van der Waals surface area contributed by atoms with E-state index in [4.69, 9.17) is 15.2 Å². The van der Waals surface area contributed by atoms with Crippen LogP contribution < -0.4 is 5.73 Å². The predicted molar refractivity (Wildman–Crippen MR) is 40.0 cm³/mol. The van der Waals surface area contributed by atoms with Gasteiger partial charge in [-0.2, -0.15) is 0 Å². The average molecular weight is 161 g/mol. The summed E-state index contributed by atoms with van der Waals surface area (Å²) in [4.78, 5) is 0. The van der Waals surface area contributed by atoms with Crippen molar-refractivity contribution < 1.29 is 14.6 Å². The Morgan fingerprint density at radius 2 is 1.91 bits per heavy atom. The molecule has 1 heterocycles. The second-order valence-electron chi connectivity index (χ2n) is 3.25. The fraction of sp³-hybridized carbons (Fsp3) is 1.00. The molecule has 66 valence electrons. The van der Waals surface area contributed by atoms with Crippen molar-refractivity contribution in [3.63, 3.8) is 0 Å². The Labute approximate surface area is 66.3 Å². The van der Waals surface area contributed by atoms with Crippen LogP contribution in [0, 0.1) is 0 Å². The van der Waals surface area contributed by atoms with Gasteiger partial charge >= 0.3 is 0 Å². The van der Waals surface area contributed by atoms with Crippen LogP contribution in [0.2, 0.25) is 0 Å². The highest BCUT2D eigenvalue weighted by molar-refractivity contribution is 4.75. The third kappa shape index (κ3) is 2.41. The summed E-state index contributed by atoms with van der Waals surface area (Å²) < 4.78 is 10.5. The molecule has 0 saturated carbocycles. The first kappa shape index (κ1) is 8.93. The number of aliphatic hydroxyl groups excluding tert-OH is 1. The third-order valence-electron chi connectivity index (χ3n) is 1.72. The molecule has 1 saturated heterocycles. The van der Waals surface area contributed by atoms with E-state index in [1.165, 1.54) is 0 Å². The van der Waals surface area contributed by atoms with Gasteiger partial charge in [0.15, 0.2) is 5.79 Å². The molecule has 4 nitrogen and oxygen atoms in total. The smallest absolute Gasteiger partial charge is 0.162 e. The van der Waals surface area contributed by atoms with Gasteiger partial charge in [-0.3, -0.25) is 0 Å². The zero-order valence-electron chi connectivity index (χ0n) is 6.91. The van der Waals surface area contributed by atoms with Gasteiger partial charge in [0.05, 0.1) is 25.4 Å². The van der Waals surface area contributed by atoms with E-state index in [1.54, 1.807) is 13.8 Å². The van der Waals surface area contributed by atoms with Gasteiger partial charge in [-0.25, -0.2) is 0 Å². The van der Waals surface area contributed by atoms with E-state index in [0.717, 1.165) is 0 Å². The zero-order valence-corrected chi connectivity index (χ0v) is 6.91. The van der Waals surface area contributed by atoms with Gasteiger partial charge in [-0.05, 0) is 13.8 Å². The van der Waals surface area contributed by atoms with Gasteiger partial charge in [0.25, 0.3) is 0 Å². The lowest BCUT2D eigenvalue weighted by Gasteiger charge is -2.22. The molecule has 0 aromatic carbocycles. The van der Waals surface area contributed by atoms with Crippen molar-refractivity contribution in [2.75, 3.05) is 13.2 Å². The summed E-state index contributed by atoms with van der Waals surface area (Å²) in [6.07, 6.45) is -0.614. The minimum absolute atomic E-state index is 0.244. The molecule has 2 atom stereocenters. The second kappa shape index (κ2) is 3.06. The van der Waals surface area contributed by atoms with E-state index >= 15 is 0 Å². The Bertz CT molecular complexity index is 124. The van der Waals surface area contributed by atoms with Crippen LogP contribution in [-0.4, -0.2) is 36.3 Å². The van der Waals surface area contributed by atoms with Crippen molar-refractivity contribution in [2.24, 2.45) is 5.73 Å². The topological polar surface area (TPSA) is 64.7 Å². The first-order valence-electron chi connectivity index (χ1n) is 3.73. The molecular formula is C7H15NO3. The first-order valence-corrected chi connectivity index (χ1v) is 3.73. The third-order valence-corrected chi connectivity index (χ3v) is 1.72. The quantitative estimate of drug-likeness (QED) is 0.500. The zero-order chi connectivity index (χ0) is 8.48. The van der Waals surface area contributed by atoms with E-state index in [0.29, 0.717) is 6.61 Å². The molecule has 0 radical (unpaired) electrons. The van der Waals surface area contributed by atoms with Gasteiger partial charge in [0.2, 0.25) is 0 Å². The minimum Gasteiger partial charge on any atom is -0.389 e. The average Bonchev–Trinajstić information content (AvgIpc) is 2.03. The van der Waals surface area contributed by atoms with E-state index < -0.39 is 11.9 Å². The molecule has 0 aliphatic carbocycles.